The largest absolute Gasteiger partial charge is 0.399 e. The lowest BCUT2D eigenvalue weighted by atomic mass is 10.3. The molecule has 0 atom stereocenters. The third-order valence-corrected chi connectivity index (χ3v) is 4.15. The molecule has 90 valence electrons. The highest BCUT2D eigenvalue weighted by Crippen LogP contribution is 2.24. The normalized spacial score (nSPS) is 11.6. The molecule has 0 saturated carbocycles. The second-order valence-corrected chi connectivity index (χ2v) is 5.69. The van der Waals surface area contributed by atoms with Crippen LogP contribution in [0.2, 0.25) is 5.02 Å². The second kappa shape index (κ2) is 5.52. The molecule has 1 aromatic rings. The molecule has 0 bridgehead atoms. The molecule has 0 heterocycles. The van der Waals surface area contributed by atoms with Gasteiger partial charge in [0.05, 0.1) is 22.3 Å². The van der Waals surface area contributed by atoms with E-state index in [1.165, 1.54) is 18.2 Å². The summed E-state index contributed by atoms with van der Waals surface area (Å²) in [5.74, 6) is -0.0789. The second-order valence-electron chi connectivity index (χ2n) is 3.21. The van der Waals surface area contributed by atoms with Crippen LogP contribution in [0.5, 0.6) is 0 Å². The smallest absolute Gasteiger partial charge is 0.182 e. The van der Waals surface area contributed by atoms with Crippen LogP contribution in [-0.2, 0) is 14.6 Å². The molecule has 0 aliphatic heterocycles. The number of hydrogen-bond donors (Lipinski definition) is 1. The molecule has 0 aliphatic rings. The van der Waals surface area contributed by atoms with Crippen LogP contribution in [-0.4, -0.2) is 27.4 Å². The standard InChI is InChI=1S/C10H14ClNO3S/c1-2-15-5-6-16(13,14)10-4-3-8(12)7-9(10)11/h3-4,7H,2,5-6,12H2,1H3. The minimum atomic E-state index is -3.39. The van der Waals surface area contributed by atoms with E-state index in [0.29, 0.717) is 12.3 Å². The number of rotatable bonds is 5. The molecule has 0 aliphatic carbocycles. The minimum Gasteiger partial charge on any atom is -0.399 e. The maximum Gasteiger partial charge on any atom is 0.182 e. The summed E-state index contributed by atoms with van der Waals surface area (Å²) in [7, 11) is -3.39. The number of benzene rings is 1. The van der Waals surface area contributed by atoms with Gasteiger partial charge in [0.1, 0.15) is 0 Å². The maximum atomic E-state index is 11.8. The highest BCUT2D eigenvalue weighted by Gasteiger charge is 2.17. The van der Waals surface area contributed by atoms with Crippen molar-refractivity contribution in [1.29, 1.82) is 0 Å². The summed E-state index contributed by atoms with van der Waals surface area (Å²) >= 11 is 5.83. The molecule has 0 aromatic heterocycles. The Hall–Kier alpha value is -0.780. The average Bonchev–Trinajstić information content (AvgIpc) is 2.17. The summed E-state index contributed by atoms with van der Waals surface area (Å²) in [6, 6.07) is 4.35. The van der Waals surface area contributed by atoms with E-state index in [4.69, 9.17) is 22.1 Å². The van der Waals surface area contributed by atoms with Crippen molar-refractivity contribution >= 4 is 27.1 Å². The van der Waals surface area contributed by atoms with E-state index in [1.54, 1.807) is 0 Å². The van der Waals surface area contributed by atoms with Gasteiger partial charge in [-0.1, -0.05) is 11.6 Å². The number of sulfone groups is 1. The van der Waals surface area contributed by atoms with Gasteiger partial charge in [-0.3, -0.25) is 0 Å². The molecule has 0 amide bonds. The number of ether oxygens (including phenoxy) is 1. The molecule has 0 fully saturated rings. The number of halogens is 1. The Balaban J connectivity index is 2.90. The van der Waals surface area contributed by atoms with E-state index in [2.05, 4.69) is 0 Å². The molecular formula is C10H14ClNO3S. The zero-order chi connectivity index (χ0) is 12.2. The van der Waals surface area contributed by atoms with Crippen molar-refractivity contribution in [2.24, 2.45) is 0 Å². The van der Waals surface area contributed by atoms with Crippen LogP contribution >= 0.6 is 11.6 Å². The Morgan fingerprint density at radius 2 is 2.12 bits per heavy atom. The lowest BCUT2D eigenvalue weighted by molar-refractivity contribution is 0.163. The SMILES string of the molecule is CCOCCS(=O)(=O)c1ccc(N)cc1Cl. The van der Waals surface area contributed by atoms with E-state index < -0.39 is 9.84 Å². The van der Waals surface area contributed by atoms with Crippen LogP contribution in [0.4, 0.5) is 5.69 Å². The van der Waals surface area contributed by atoms with Gasteiger partial charge >= 0.3 is 0 Å². The van der Waals surface area contributed by atoms with Gasteiger partial charge in [0, 0.05) is 12.3 Å². The lowest BCUT2D eigenvalue weighted by Gasteiger charge is -2.07. The van der Waals surface area contributed by atoms with E-state index in [-0.39, 0.29) is 22.3 Å². The van der Waals surface area contributed by atoms with E-state index >= 15 is 0 Å². The monoisotopic (exact) mass is 263 g/mol. The summed E-state index contributed by atoms with van der Waals surface area (Å²) < 4.78 is 28.7. The van der Waals surface area contributed by atoms with Crippen molar-refractivity contribution < 1.29 is 13.2 Å². The van der Waals surface area contributed by atoms with Crippen LogP contribution in [0.1, 0.15) is 6.92 Å². The third kappa shape index (κ3) is 3.37. The van der Waals surface area contributed by atoms with Crippen molar-refractivity contribution in [1.82, 2.24) is 0 Å². The lowest BCUT2D eigenvalue weighted by Crippen LogP contribution is -2.13. The molecule has 0 spiro atoms. The van der Waals surface area contributed by atoms with Crippen molar-refractivity contribution in [3.8, 4) is 0 Å². The molecule has 0 radical (unpaired) electrons. The van der Waals surface area contributed by atoms with Gasteiger partial charge in [-0.15, -0.1) is 0 Å². The van der Waals surface area contributed by atoms with Gasteiger partial charge in [0.15, 0.2) is 9.84 Å². The fraction of sp³-hybridized carbons (Fsp3) is 0.400. The zero-order valence-electron chi connectivity index (χ0n) is 8.94. The Morgan fingerprint density at radius 3 is 2.69 bits per heavy atom. The zero-order valence-corrected chi connectivity index (χ0v) is 10.5. The van der Waals surface area contributed by atoms with Gasteiger partial charge < -0.3 is 10.5 Å². The number of nitrogens with two attached hydrogens (primary N) is 1. The fourth-order valence-electron chi connectivity index (χ4n) is 1.19. The van der Waals surface area contributed by atoms with Gasteiger partial charge in [0.25, 0.3) is 0 Å². The quantitative estimate of drug-likeness (QED) is 0.649. The van der Waals surface area contributed by atoms with Crippen molar-refractivity contribution in [2.75, 3.05) is 24.7 Å². The highest BCUT2D eigenvalue weighted by molar-refractivity contribution is 7.91. The first-order chi connectivity index (χ1) is 7.47. The van der Waals surface area contributed by atoms with E-state index in [1.807, 2.05) is 6.92 Å². The average molecular weight is 264 g/mol. The van der Waals surface area contributed by atoms with E-state index in [0.717, 1.165) is 0 Å². The number of hydrogen-bond acceptors (Lipinski definition) is 4. The predicted molar refractivity (Wildman–Crippen MR) is 64.4 cm³/mol. The van der Waals surface area contributed by atoms with Crippen LogP contribution in [0.25, 0.3) is 0 Å². The van der Waals surface area contributed by atoms with Gasteiger partial charge in [0.2, 0.25) is 0 Å². The highest BCUT2D eigenvalue weighted by atomic mass is 35.5. The van der Waals surface area contributed by atoms with Gasteiger partial charge in [-0.2, -0.15) is 0 Å². The first-order valence-corrected chi connectivity index (χ1v) is 6.86. The molecule has 2 N–H and O–H groups in total. The first-order valence-electron chi connectivity index (χ1n) is 4.83. The Kier molecular flexibility index (Phi) is 4.58. The van der Waals surface area contributed by atoms with Crippen LogP contribution < -0.4 is 5.73 Å². The van der Waals surface area contributed by atoms with Gasteiger partial charge in [-0.25, -0.2) is 8.42 Å². The topological polar surface area (TPSA) is 69.4 Å². The summed E-state index contributed by atoms with van der Waals surface area (Å²) in [6.07, 6.45) is 0. The summed E-state index contributed by atoms with van der Waals surface area (Å²) in [5.41, 5.74) is 5.93. The molecule has 4 nitrogen and oxygen atoms in total. The first kappa shape index (κ1) is 13.3. The number of nitrogen functional groups attached to an aromatic ring is 1. The van der Waals surface area contributed by atoms with Crippen molar-refractivity contribution in [3.05, 3.63) is 23.2 Å². The minimum absolute atomic E-state index is 0.0789. The van der Waals surface area contributed by atoms with Gasteiger partial charge in [-0.05, 0) is 25.1 Å². The molecule has 0 unspecified atom stereocenters. The van der Waals surface area contributed by atoms with Crippen molar-refractivity contribution in [2.45, 2.75) is 11.8 Å². The summed E-state index contributed by atoms with van der Waals surface area (Å²) in [4.78, 5) is 0.100. The molecular weight excluding hydrogens is 250 g/mol. The molecule has 0 saturated heterocycles. The molecule has 1 aromatic carbocycles. The Labute approximate surface area is 100 Å². The predicted octanol–water partition coefficient (Wildman–Crippen LogP) is 1.73. The molecule has 6 heteroatoms. The van der Waals surface area contributed by atoms with Crippen molar-refractivity contribution in [3.63, 3.8) is 0 Å². The summed E-state index contributed by atoms with van der Waals surface area (Å²) in [5, 5.41) is 0.150. The van der Waals surface area contributed by atoms with Crippen LogP contribution in [0.15, 0.2) is 23.1 Å². The fourth-order valence-corrected chi connectivity index (χ4v) is 2.92. The molecule has 1 rings (SSSR count). The molecule has 16 heavy (non-hydrogen) atoms. The third-order valence-electron chi connectivity index (χ3n) is 1.99. The number of anilines is 1. The summed E-state index contributed by atoms with van der Waals surface area (Å²) in [6.45, 7) is 2.47. The Bertz CT molecular complexity index is 459. The Morgan fingerprint density at radius 1 is 1.44 bits per heavy atom. The van der Waals surface area contributed by atoms with Crippen LogP contribution in [0, 0.1) is 0 Å². The maximum absolute atomic E-state index is 11.8. The van der Waals surface area contributed by atoms with E-state index in [9.17, 15) is 8.42 Å². The van der Waals surface area contributed by atoms with Crippen LogP contribution in [0.3, 0.4) is 0 Å².